The summed E-state index contributed by atoms with van der Waals surface area (Å²) in [6.07, 6.45) is 2.02. The molecule has 1 aromatic heterocycles. The first-order valence-corrected chi connectivity index (χ1v) is 7.92. The summed E-state index contributed by atoms with van der Waals surface area (Å²) in [7, 11) is 0. The topological polar surface area (TPSA) is 60.2 Å². The van der Waals surface area contributed by atoms with E-state index < -0.39 is 0 Å². The second-order valence-corrected chi connectivity index (χ2v) is 6.14. The Labute approximate surface area is 130 Å². The van der Waals surface area contributed by atoms with Gasteiger partial charge in [-0.25, -0.2) is 4.68 Å². The largest absolute Gasteiger partial charge is 0.390 e. The molecule has 1 aliphatic rings. The van der Waals surface area contributed by atoms with Crippen LogP contribution in [0.5, 0.6) is 0 Å². The minimum absolute atomic E-state index is 0.00656. The van der Waals surface area contributed by atoms with Gasteiger partial charge in [-0.05, 0) is 29.9 Å². The molecule has 0 amide bonds. The van der Waals surface area contributed by atoms with Crippen LogP contribution < -0.4 is 0 Å². The molecule has 0 saturated carbocycles. The highest BCUT2D eigenvalue weighted by Gasteiger charge is 2.26. The Balaban J connectivity index is 1.84. The van der Waals surface area contributed by atoms with Gasteiger partial charge in [0.05, 0.1) is 18.8 Å². The van der Waals surface area contributed by atoms with Gasteiger partial charge in [-0.2, -0.15) is 0 Å². The standard InChI is InChI=1S/C17H23N3O2/c1-12(2)14-7-5-13(6-8-14)10-20-17(15(11-21)18-19-20)16-4-3-9-22-16/h5-8,12,16,21H,3-4,9-11H2,1-2H3. The van der Waals surface area contributed by atoms with Crippen molar-refractivity contribution in [2.75, 3.05) is 6.61 Å². The maximum atomic E-state index is 9.48. The van der Waals surface area contributed by atoms with Crippen molar-refractivity contribution in [1.29, 1.82) is 0 Å². The van der Waals surface area contributed by atoms with Crippen molar-refractivity contribution in [2.45, 2.75) is 51.9 Å². The third-order valence-electron chi connectivity index (χ3n) is 4.21. The van der Waals surface area contributed by atoms with Crippen LogP contribution in [-0.2, 0) is 17.9 Å². The molecule has 1 atom stereocenters. The van der Waals surface area contributed by atoms with E-state index in [0.717, 1.165) is 25.1 Å². The second kappa shape index (κ2) is 6.58. The molecular formula is C17H23N3O2. The van der Waals surface area contributed by atoms with Crippen LogP contribution in [0.4, 0.5) is 0 Å². The van der Waals surface area contributed by atoms with Gasteiger partial charge in [-0.1, -0.05) is 43.3 Å². The zero-order valence-corrected chi connectivity index (χ0v) is 13.2. The number of hydrogen-bond acceptors (Lipinski definition) is 4. The van der Waals surface area contributed by atoms with E-state index in [4.69, 9.17) is 4.74 Å². The Hall–Kier alpha value is -1.72. The van der Waals surface area contributed by atoms with Crippen LogP contribution >= 0.6 is 0 Å². The lowest BCUT2D eigenvalue weighted by Crippen LogP contribution is -2.11. The van der Waals surface area contributed by atoms with E-state index in [9.17, 15) is 5.11 Å². The molecule has 1 fully saturated rings. The minimum atomic E-state index is -0.0958. The van der Waals surface area contributed by atoms with E-state index in [0.29, 0.717) is 18.2 Å². The Morgan fingerprint density at radius 3 is 2.68 bits per heavy atom. The average Bonchev–Trinajstić information content (AvgIpc) is 3.16. The van der Waals surface area contributed by atoms with Gasteiger partial charge in [0, 0.05) is 6.61 Å². The van der Waals surface area contributed by atoms with Crippen molar-refractivity contribution in [2.24, 2.45) is 0 Å². The molecule has 0 bridgehead atoms. The Morgan fingerprint density at radius 2 is 2.09 bits per heavy atom. The second-order valence-electron chi connectivity index (χ2n) is 6.14. The molecule has 1 saturated heterocycles. The molecule has 1 aromatic carbocycles. The van der Waals surface area contributed by atoms with Gasteiger partial charge < -0.3 is 9.84 Å². The highest BCUT2D eigenvalue weighted by atomic mass is 16.5. The van der Waals surface area contributed by atoms with Gasteiger partial charge >= 0.3 is 0 Å². The van der Waals surface area contributed by atoms with Crippen LogP contribution in [0.15, 0.2) is 24.3 Å². The van der Waals surface area contributed by atoms with E-state index in [1.165, 1.54) is 11.1 Å². The number of ether oxygens (including phenoxy) is 1. The normalized spacial score (nSPS) is 18.3. The van der Waals surface area contributed by atoms with Crippen molar-refractivity contribution in [3.63, 3.8) is 0 Å². The summed E-state index contributed by atoms with van der Waals surface area (Å²) in [4.78, 5) is 0. The lowest BCUT2D eigenvalue weighted by Gasteiger charge is -2.14. The highest BCUT2D eigenvalue weighted by molar-refractivity contribution is 5.25. The first-order valence-electron chi connectivity index (χ1n) is 7.92. The summed E-state index contributed by atoms with van der Waals surface area (Å²) >= 11 is 0. The van der Waals surface area contributed by atoms with Crippen LogP contribution in [0.2, 0.25) is 0 Å². The molecule has 2 aromatic rings. The number of aromatic nitrogens is 3. The number of nitrogens with zero attached hydrogens (tertiary/aromatic N) is 3. The van der Waals surface area contributed by atoms with Crippen molar-refractivity contribution >= 4 is 0 Å². The summed E-state index contributed by atoms with van der Waals surface area (Å²) in [5.41, 5.74) is 4.06. The zero-order chi connectivity index (χ0) is 15.5. The lowest BCUT2D eigenvalue weighted by atomic mass is 10.0. The molecule has 1 N–H and O–H groups in total. The summed E-state index contributed by atoms with van der Waals surface area (Å²) in [6.45, 7) is 5.71. The van der Waals surface area contributed by atoms with E-state index in [-0.39, 0.29) is 12.7 Å². The Bertz CT molecular complexity index is 613. The summed E-state index contributed by atoms with van der Waals surface area (Å²) < 4.78 is 7.62. The fourth-order valence-electron chi connectivity index (χ4n) is 2.91. The van der Waals surface area contributed by atoms with Gasteiger partial charge in [0.1, 0.15) is 11.8 Å². The van der Waals surface area contributed by atoms with Crippen LogP contribution in [0.1, 0.15) is 61.2 Å². The Morgan fingerprint density at radius 1 is 1.32 bits per heavy atom. The molecule has 5 nitrogen and oxygen atoms in total. The quantitative estimate of drug-likeness (QED) is 0.922. The first-order chi connectivity index (χ1) is 10.7. The molecule has 5 heteroatoms. The summed E-state index contributed by atoms with van der Waals surface area (Å²) in [5.74, 6) is 0.531. The van der Waals surface area contributed by atoms with E-state index in [1.807, 2.05) is 4.68 Å². The van der Waals surface area contributed by atoms with Crippen molar-refractivity contribution in [3.05, 3.63) is 46.8 Å². The molecule has 2 heterocycles. The highest BCUT2D eigenvalue weighted by Crippen LogP contribution is 2.30. The molecule has 0 spiro atoms. The predicted octanol–water partition coefficient (Wildman–Crippen LogP) is 2.79. The number of benzene rings is 1. The number of aliphatic hydroxyl groups excluding tert-OH is 1. The maximum absolute atomic E-state index is 9.48. The SMILES string of the molecule is CC(C)c1ccc(Cn2nnc(CO)c2C2CCCO2)cc1. The molecule has 1 aliphatic heterocycles. The van der Waals surface area contributed by atoms with Crippen molar-refractivity contribution in [3.8, 4) is 0 Å². The van der Waals surface area contributed by atoms with Gasteiger partial charge in [-0.15, -0.1) is 5.10 Å². The van der Waals surface area contributed by atoms with Crippen molar-refractivity contribution < 1.29 is 9.84 Å². The van der Waals surface area contributed by atoms with E-state index >= 15 is 0 Å². The van der Waals surface area contributed by atoms with Crippen LogP contribution in [0, 0.1) is 0 Å². The first kappa shape index (κ1) is 15.2. The van der Waals surface area contributed by atoms with Gasteiger partial charge in [0.2, 0.25) is 0 Å². The lowest BCUT2D eigenvalue weighted by molar-refractivity contribution is 0.102. The van der Waals surface area contributed by atoms with Gasteiger partial charge in [0.15, 0.2) is 0 Å². The van der Waals surface area contributed by atoms with Crippen molar-refractivity contribution in [1.82, 2.24) is 15.0 Å². The van der Waals surface area contributed by atoms with E-state index in [2.05, 4.69) is 48.4 Å². The fourth-order valence-corrected chi connectivity index (χ4v) is 2.91. The predicted molar refractivity (Wildman–Crippen MR) is 83.5 cm³/mol. The molecular weight excluding hydrogens is 278 g/mol. The van der Waals surface area contributed by atoms with Crippen LogP contribution in [0.25, 0.3) is 0 Å². The fraction of sp³-hybridized carbons (Fsp3) is 0.529. The number of aliphatic hydroxyl groups is 1. The molecule has 1 unspecified atom stereocenters. The molecule has 22 heavy (non-hydrogen) atoms. The van der Waals surface area contributed by atoms with Crippen LogP contribution in [0.3, 0.4) is 0 Å². The molecule has 0 radical (unpaired) electrons. The summed E-state index contributed by atoms with van der Waals surface area (Å²) in [6, 6.07) is 8.59. The third kappa shape index (κ3) is 3.05. The third-order valence-corrected chi connectivity index (χ3v) is 4.21. The van der Waals surface area contributed by atoms with Gasteiger partial charge in [0.25, 0.3) is 0 Å². The maximum Gasteiger partial charge on any atom is 0.114 e. The Kier molecular flexibility index (Phi) is 4.55. The minimum Gasteiger partial charge on any atom is -0.390 e. The molecule has 3 rings (SSSR count). The van der Waals surface area contributed by atoms with Gasteiger partial charge in [-0.3, -0.25) is 0 Å². The monoisotopic (exact) mass is 301 g/mol. The summed E-state index contributed by atoms with van der Waals surface area (Å²) in [5, 5.41) is 17.8. The van der Waals surface area contributed by atoms with Crippen LogP contribution in [-0.4, -0.2) is 26.7 Å². The smallest absolute Gasteiger partial charge is 0.114 e. The number of hydrogen-bond donors (Lipinski definition) is 1. The zero-order valence-electron chi connectivity index (χ0n) is 13.2. The molecule has 0 aliphatic carbocycles. The average molecular weight is 301 g/mol. The molecule has 118 valence electrons. The van der Waals surface area contributed by atoms with E-state index in [1.54, 1.807) is 0 Å². The number of rotatable bonds is 5.